The van der Waals surface area contributed by atoms with E-state index in [1.807, 2.05) is 12.1 Å². The molecule has 0 aromatic carbocycles. The van der Waals surface area contributed by atoms with Crippen LogP contribution in [0.1, 0.15) is 24.6 Å². The molecule has 0 saturated carbocycles. The van der Waals surface area contributed by atoms with E-state index in [9.17, 15) is 0 Å². The quantitative estimate of drug-likeness (QED) is 0.839. The Hall–Kier alpha value is -0.840. The van der Waals surface area contributed by atoms with Crippen LogP contribution in [0, 0.1) is 5.92 Å². The molecule has 0 spiro atoms. The SMILES string of the molecule is CN(C)C(CNCC1CCOCC1)c1ccco1. The fourth-order valence-electron chi connectivity index (χ4n) is 2.39. The lowest BCUT2D eigenvalue weighted by Crippen LogP contribution is -2.34. The second-order valence-electron chi connectivity index (χ2n) is 5.21. The first-order chi connectivity index (χ1) is 8.77. The summed E-state index contributed by atoms with van der Waals surface area (Å²) >= 11 is 0. The van der Waals surface area contributed by atoms with Crippen molar-refractivity contribution in [3.63, 3.8) is 0 Å². The molecule has 1 aliphatic rings. The summed E-state index contributed by atoms with van der Waals surface area (Å²) in [6.07, 6.45) is 4.10. The van der Waals surface area contributed by atoms with Crippen LogP contribution in [-0.2, 0) is 4.74 Å². The van der Waals surface area contributed by atoms with Gasteiger partial charge < -0.3 is 14.5 Å². The van der Waals surface area contributed by atoms with E-state index in [2.05, 4.69) is 24.3 Å². The summed E-state index contributed by atoms with van der Waals surface area (Å²) in [5.41, 5.74) is 0. The zero-order chi connectivity index (χ0) is 12.8. The first kappa shape index (κ1) is 13.6. The van der Waals surface area contributed by atoms with Gasteiger partial charge in [-0.15, -0.1) is 0 Å². The molecule has 0 bridgehead atoms. The highest BCUT2D eigenvalue weighted by atomic mass is 16.5. The van der Waals surface area contributed by atoms with E-state index in [0.29, 0.717) is 6.04 Å². The van der Waals surface area contributed by atoms with Gasteiger partial charge in [0.25, 0.3) is 0 Å². The number of likely N-dealkylation sites (N-methyl/N-ethyl adjacent to an activating group) is 1. The fourth-order valence-corrected chi connectivity index (χ4v) is 2.39. The van der Waals surface area contributed by atoms with E-state index in [1.165, 1.54) is 12.8 Å². The molecule has 102 valence electrons. The molecule has 1 N–H and O–H groups in total. The van der Waals surface area contributed by atoms with Crippen molar-refractivity contribution in [2.45, 2.75) is 18.9 Å². The molecule has 1 aliphatic heterocycles. The smallest absolute Gasteiger partial charge is 0.122 e. The van der Waals surface area contributed by atoms with Gasteiger partial charge in [-0.2, -0.15) is 0 Å². The number of hydrogen-bond donors (Lipinski definition) is 1. The van der Waals surface area contributed by atoms with Crippen molar-refractivity contribution in [1.82, 2.24) is 10.2 Å². The molecule has 2 heterocycles. The summed E-state index contributed by atoms with van der Waals surface area (Å²) in [7, 11) is 4.17. The Morgan fingerprint density at radius 2 is 2.17 bits per heavy atom. The number of nitrogens with one attached hydrogen (secondary N) is 1. The van der Waals surface area contributed by atoms with Crippen LogP contribution in [0.4, 0.5) is 0 Å². The normalized spacial score (nSPS) is 19.3. The Balaban J connectivity index is 1.76. The van der Waals surface area contributed by atoms with Gasteiger partial charge in [-0.3, -0.25) is 4.90 Å². The van der Waals surface area contributed by atoms with Crippen LogP contribution < -0.4 is 5.32 Å². The minimum Gasteiger partial charge on any atom is -0.468 e. The molecule has 0 amide bonds. The Morgan fingerprint density at radius 3 is 2.78 bits per heavy atom. The molecular weight excluding hydrogens is 228 g/mol. The Bertz CT molecular complexity index is 319. The van der Waals surface area contributed by atoms with Crippen LogP contribution in [0.3, 0.4) is 0 Å². The van der Waals surface area contributed by atoms with Crippen LogP contribution in [-0.4, -0.2) is 45.3 Å². The minimum absolute atomic E-state index is 0.305. The molecule has 1 unspecified atom stereocenters. The van der Waals surface area contributed by atoms with E-state index < -0.39 is 0 Å². The third-order valence-corrected chi connectivity index (χ3v) is 3.61. The van der Waals surface area contributed by atoms with E-state index in [4.69, 9.17) is 9.15 Å². The molecule has 0 radical (unpaired) electrons. The molecule has 1 saturated heterocycles. The largest absolute Gasteiger partial charge is 0.468 e. The molecule has 18 heavy (non-hydrogen) atoms. The number of furan rings is 1. The van der Waals surface area contributed by atoms with Gasteiger partial charge in [0.15, 0.2) is 0 Å². The molecular formula is C14H24N2O2. The molecule has 4 nitrogen and oxygen atoms in total. The van der Waals surface area contributed by atoms with Crippen LogP contribution in [0.5, 0.6) is 0 Å². The number of nitrogens with zero attached hydrogens (tertiary/aromatic N) is 1. The highest BCUT2D eigenvalue weighted by Crippen LogP contribution is 2.18. The van der Waals surface area contributed by atoms with E-state index in [0.717, 1.165) is 38.0 Å². The number of hydrogen-bond acceptors (Lipinski definition) is 4. The van der Waals surface area contributed by atoms with Crippen molar-refractivity contribution < 1.29 is 9.15 Å². The summed E-state index contributed by atoms with van der Waals surface area (Å²) in [5.74, 6) is 1.79. The van der Waals surface area contributed by atoms with Gasteiger partial charge in [0, 0.05) is 19.8 Å². The van der Waals surface area contributed by atoms with Gasteiger partial charge in [-0.1, -0.05) is 0 Å². The molecule has 0 aliphatic carbocycles. The maximum Gasteiger partial charge on any atom is 0.122 e. The molecule has 4 heteroatoms. The van der Waals surface area contributed by atoms with Crippen molar-refractivity contribution in [2.75, 3.05) is 40.4 Å². The van der Waals surface area contributed by atoms with Crippen LogP contribution >= 0.6 is 0 Å². The van der Waals surface area contributed by atoms with Crippen LogP contribution in [0.25, 0.3) is 0 Å². The van der Waals surface area contributed by atoms with E-state index in [1.54, 1.807) is 6.26 Å². The standard InChI is InChI=1S/C14H24N2O2/c1-16(2)13(14-4-3-7-18-14)11-15-10-12-5-8-17-9-6-12/h3-4,7,12-13,15H,5-6,8-11H2,1-2H3. The third-order valence-electron chi connectivity index (χ3n) is 3.61. The average molecular weight is 252 g/mol. The monoisotopic (exact) mass is 252 g/mol. The lowest BCUT2D eigenvalue weighted by Gasteiger charge is -2.26. The summed E-state index contributed by atoms with van der Waals surface area (Å²) in [5, 5.41) is 3.57. The highest BCUT2D eigenvalue weighted by Gasteiger charge is 2.18. The van der Waals surface area contributed by atoms with Gasteiger partial charge in [0.1, 0.15) is 5.76 Å². The second kappa shape index (κ2) is 6.92. The van der Waals surface area contributed by atoms with Gasteiger partial charge in [-0.25, -0.2) is 0 Å². The summed E-state index contributed by atoms with van der Waals surface area (Å²) < 4.78 is 10.9. The van der Waals surface area contributed by atoms with Crippen LogP contribution in [0.2, 0.25) is 0 Å². The maximum absolute atomic E-state index is 5.50. The first-order valence-corrected chi connectivity index (χ1v) is 6.75. The minimum atomic E-state index is 0.305. The zero-order valence-corrected chi connectivity index (χ0v) is 11.4. The number of rotatable bonds is 6. The van der Waals surface area contributed by atoms with Crippen molar-refractivity contribution in [3.05, 3.63) is 24.2 Å². The van der Waals surface area contributed by atoms with Crippen molar-refractivity contribution >= 4 is 0 Å². The van der Waals surface area contributed by atoms with Crippen molar-refractivity contribution in [3.8, 4) is 0 Å². The average Bonchev–Trinajstić information content (AvgIpc) is 2.89. The molecule has 2 rings (SSSR count). The van der Waals surface area contributed by atoms with Crippen molar-refractivity contribution in [2.24, 2.45) is 5.92 Å². The Labute approximate surface area is 109 Å². The summed E-state index contributed by atoms with van der Waals surface area (Å²) in [4.78, 5) is 2.19. The lowest BCUT2D eigenvalue weighted by molar-refractivity contribution is 0.0657. The van der Waals surface area contributed by atoms with Gasteiger partial charge in [0.05, 0.1) is 12.3 Å². The van der Waals surface area contributed by atoms with Crippen LogP contribution in [0.15, 0.2) is 22.8 Å². The van der Waals surface area contributed by atoms with Gasteiger partial charge in [-0.05, 0) is 51.5 Å². The van der Waals surface area contributed by atoms with E-state index in [-0.39, 0.29) is 0 Å². The van der Waals surface area contributed by atoms with Crippen molar-refractivity contribution in [1.29, 1.82) is 0 Å². The maximum atomic E-state index is 5.50. The Morgan fingerprint density at radius 1 is 1.39 bits per heavy atom. The third kappa shape index (κ3) is 3.83. The molecule has 1 fully saturated rings. The molecule has 1 aromatic heterocycles. The van der Waals surface area contributed by atoms with Gasteiger partial charge in [0.2, 0.25) is 0 Å². The topological polar surface area (TPSA) is 37.6 Å². The predicted octanol–water partition coefficient (Wildman–Crippen LogP) is 1.90. The van der Waals surface area contributed by atoms with Gasteiger partial charge >= 0.3 is 0 Å². The Kier molecular flexibility index (Phi) is 5.23. The number of ether oxygens (including phenoxy) is 1. The molecule has 1 aromatic rings. The first-order valence-electron chi connectivity index (χ1n) is 6.75. The predicted molar refractivity (Wildman–Crippen MR) is 71.5 cm³/mol. The summed E-state index contributed by atoms with van der Waals surface area (Å²) in [6.45, 7) is 3.84. The fraction of sp³-hybridized carbons (Fsp3) is 0.714. The van der Waals surface area contributed by atoms with E-state index >= 15 is 0 Å². The lowest BCUT2D eigenvalue weighted by atomic mass is 10.0. The molecule has 1 atom stereocenters. The summed E-state index contributed by atoms with van der Waals surface area (Å²) in [6, 6.07) is 4.30. The highest BCUT2D eigenvalue weighted by molar-refractivity contribution is 5.04. The second-order valence-corrected chi connectivity index (χ2v) is 5.21. The zero-order valence-electron chi connectivity index (χ0n) is 11.4.